The summed E-state index contributed by atoms with van der Waals surface area (Å²) in [7, 11) is 1.82. The number of fused-ring (bicyclic) bond motifs is 1. The molecule has 8 heteroatoms. The number of nitrogens with zero attached hydrogens (tertiary/aromatic N) is 4. The number of aromatic nitrogens is 1. The molecule has 0 bridgehead atoms. The van der Waals surface area contributed by atoms with Gasteiger partial charge < -0.3 is 10.2 Å². The van der Waals surface area contributed by atoms with Gasteiger partial charge in [0.15, 0.2) is 0 Å². The first-order chi connectivity index (χ1) is 17.9. The number of benzene rings is 2. The quantitative estimate of drug-likeness (QED) is 0.364. The molecule has 1 aliphatic heterocycles. The number of hydrazine groups is 1. The lowest BCUT2D eigenvalue weighted by molar-refractivity contribution is -0.145. The van der Waals surface area contributed by atoms with Crippen molar-refractivity contribution in [3.05, 3.63) is 70.2 Å². The lowest BCUT2D eigenvalue weighted by Gasteiger charge is -2.32. The Balaban J connectivity index is 1.50. The number of hydrogen-bond acceptors (Lipinski definition) is 6. The highest BCUT2D eigenvalue weighted by molar-refractivity contribution is 7.14. The molecule has 37 heavy (non-hydrogen) atoms. The number of likely N-dealkylation sites (N-methyl/N-ethyl adjacent to an activating group) is 1. The van der Waals surface area contributed by atoms with Gasteiger partial charge in [-0.05, 0) is 55.2 Å². The van der Waals surface area contributed by atoms with Gasteiger partial charge in [0.25, 0.3) is 5.91 Å². The number of carbonyl (C=O) groups is 2. The van der Waals surface area contributed by atoms with Gasteiger partial charge in [-0.3, -0.25) is 14.6 Å². The largest absolute Gasteiger partial charge is 0.355 e. The normalized spacial score (nSPS) is 12.9. The molecular weight excluding hydrogens is 482 g/mol. The molecule has 0 spiro atoms. The monoisotopic (exact) mass is 519 g/mol. The molecule has 0 unspecified atom stereocenters. The minimum atomic E-state index is -0.0702. The number of thiazole rings is 1. The van der Waals surface area contributed by atoms with Crippen LogP contribution in [0.5, 0.6) is 0 Å². The first-order valence-corrected chi connectivity index (χ1v) is 13.8. The van der Waals surface area contributed by atoms with Gasteiger partial charge in [0.2, 0.25) is 5.91 Å². The standard InChI is InChI=1S/C29H37N5O2S/c1-5-6-9-14-30-27(35)19-33(26-13-12-23(15-21(26)2)29-31-16-22(3)37-29)20-28(36)32(4)34-17-24-10-7-8-11-25(24)18-34/h7-8,10-13,15-16H,5-6,9,14,17-20H2,1-4H3,(H,30,35). The molecule has 0 fully saturated rings. The van der Waals surface area contributed by atoms with Crippen LogP contribution in [0.4, 0.5) is 5.69 Å². The van der Waals surface area contributed by atoms with Crippen molar-refractivity contribution in [3.8, 4) is 10.6 Å². The van der Waals surface area contributed by atoms with E-state index in [1.54, 1.807) is 16.3 Å². The number of aryl methyl sites for hydroxylation is 2. The zero-order valence-electron chi connectivity index (χ0n) is 22.3. The summed E-state index contributed by atoms with van der Waals surface area (Å²) >= 11 is 1.66. The molecule has 1 N–H and O–H groups in total. The molecule has 1 aromatic heterocycles. The Hall–Kier alpha value is -3.23. The summed E-state index contributed by atoms with van der Waals surface area (Å²) in [6.07, 6.45) is 5.03. The van der Waals surface area contributed by atoms with Crippen LogP contribution in [0.1, 0.15) is 47.8 Å². The van der Waals surface area contributed by atoms with Crippen LogP contribution in [0.3, 0.4) is 0 Å². The smallest absolute Gasteiger partial charge is 0.256 e. The third kappa shape index (κ3) is 6.76. The Bertz CT molecular complexity index is 1220. The minimum Gasteiger partial charge on any atom is -0.355 e. The predicted molar refractivity (Wildman–Crippen MR) is 150 cm³/mol. The topological polar surface area (TPSA) is 68.8 Å². The Morgan fingerprint density at radius 2 is 1.78 bits per heavy atom. The fraction of sp³-hybridized carbons (Fsp3) is 0.414. The van der Waals surface area contributed by atoms with Crippen LogP contribution in [-0.4, -0.2) is 53.5 Å². The first kappa shape index (κ1) is 26.8. The minimum absolute atomic E-state index is 0.0504. The molecule has 2 amide bonds. The molecule has 2 heterocycles. The SMILES string of the molecule is CCCCCNC(=O)CN(CC(=O)N(C)N1Cc2ccccc2C1)c1ccc(-c2ncc(C)s2)cc1C. The number of rotatable bonds is 11. The lowest BCUT2D eigenvalue weighted by atomic mass is 10.1. The van der Waals surface area contributed by atoms with Gasteiger partial charge in [-0.15, -0.1) is 11.3 Å². The number of carbonyl (C=O) groups excluding carboxylic acids is 2. The Morgan fingerprint density at radius 1 is 1.05 bits per heavy atom. The van der Waals surface area contributed by atoms with Crippen LogP contribution in [0.25, 0.3) is 10.6 Å². The molecule has 7 nitrogen and oxygen atoms in total. The maximum Gasteiger partial charge on any atom is 0.256 e. The predicted octanol–water partition coefficient (Wildman–Crippen LogP) is 4.93. The van der Waals surface area contributed by atoms with Crippen LogP contribution in [-0.2, 0) is 22.7 Å². The van der Waals surface area contributed by atoms with Gasteiger partial charge in [0.05, 0.1) is 13.1 Å². The number of amides is 2. The first-order valence-electron chi connectivity index (χ1n) is 13.0. The molecule has 0 radical (unpaired) electrons. The zero-order chi connectivity index (χ0) is 26.4. The second-order valence-corrected chi connectivity index (χ2v) is 10.9. The third-order valence-corrected chi connectivity index (χ3v) is 7.74. The van der Waals surface area contributed by atoms with Gasteiger partial charge in [-0.25, -0.2) is 9.99 Å². The van der Waals surface area contributed by atoms with Crippen LogP contribution in [0.15, 0.2) is 48.7 Å². The lowest BCUT2D eigenvalue weighted by Crippen LogP contribution is -2.48. The molecule has 0 saturated carbocycles. The number of unbranched alkanes of at least 4 members (excludes halogenated alkanes) is 2. The highest BCUT2D eigenvalue weighted by atomic mass is 32.1. The summed E-state index contributed by atoms with van der Waals surface area (Å²) in [5.74, 6) is -0.121. The summed E-state index contributed by atoms with van der Waals surface area (Å²) in [5.41, 5.74) is 5.42. The molecule has 0 saturated heterocycles. The Labute approximate surface area is 224 Å². The number of nitrogens with one attached hydrogen (secondary N) is 1. The van der Waals surface area contributed by atoms with E-state index in [-0.39, 0.29) is 24.9 Å². The van der Waals surface area contributed by atoms with E-state index in [4.69, 9.17) is 0 Å². The van der Waals surface area contributed by atoms with Crippen LogP contribution in [0, 0.1) is 13.8 Å². The van der Waals surface area contributed by atoms with E-state index >= 15 is 0 Å². The molecule has 0 atom stereocenters. The van der Waals surface area contributed by atoms with Gasteiger partial charge in [0.1, 0.15) is 5.01 Å². The fourth-order valence-electron chi connectivity index (χ4n) is 4.64. The van der Waals surface area contributed by atoms with E-state index in [0.717, 1.165) is 46.0 Å². The molecule has 196 valence electrons. The van der Waals surface area contributed by atoms with Crippen molar-refractivity contribution >= 4 is 28.8 Å². The van der Waals surface area contributed by atoms with Crippen LogP contribution >= 0.6 is 11.3 Å². The van der Waals surface area contributed by atoms with E-state index in [1.807, 2.05) is 56.3 Å². The van der Waals surface area contributed by atoms with Crippen molar-refractivity contribution < 1.29 is 9.59 Å². The van der Waals surface area contributed by atoms with Crippen LogP contribution in [0.2, 0.25) is 0 Å². The van der Waals surface area contributed by atoms with Crippen molar-refractivity contribution in [2.24, 2.45) is 0 Å². The van der Waals surface area contributed by atoms with Gasteiger partial charge in [0, 0.05) is 49.0 Å². The fourth-order valence-corrected chi connectivity index (χ4v) is 5.40. The summed E-state index contributed by atoms with van der Waals surface area (Å²) in [5, 5.41) is 7.75. The Kier molecular flexibility index (Phi) is 8.95. The molecule has 2 aromatic carbocycles. The van der Waals surface area contributed by atoms with E-state index < -0.39 is 0 Å². The summed E-state index contributed by atoms with van der Waals surface area (Å²) in [6.45, 7) is 8.52. The average Bonchev–Trinajstić information content (AvgIpc) is 3.52. The van der Waals surface area contributed by atoms with Gasteiger partial charge in [-0.2, -0.15) is 0 Å². The highest BCUT2D eigenvalue weighted by Gasteiger charge is 2.27. The van der Waals surface area contributed by atoms with E-state index in [9.17, 15) is 9.59 Å². The zero-order valence-corrected chi connectivity index (χ0v) is 23.1. The molecule has 4 rings (SSSR count). The molecular formula is C29H37N5O2S. The molecule has 0 aliphatic carbocycles. The highest BCUT2D eigenvalue weighted by Crippen LogP contribution is 2.30. The Morgan fingerprint density at radius 3 is 2.41 bits per heavy atom. The summed E-state index contributed by atoms with van der Waals surface area (Å²) < 4.78 is 0. The molecule has 3 aromatic rings. The number of anilines is 1. The molecule has 1 aliphatic rings. The second-order valence-electron chi connectivity index (χ2n) is 9.70. The van der Waals surface area contributed by atoms with E-state index in [0.29, 0.717) is 19.6 Å². The maximum absolute atomic E-state index is 13.5. The number of hydrogen-bond donors (Lipinski definition) is 1. The van der Waals surface area contributed by atoms with Crippen LogP contribution < -0.4 is 10.2 Å². The third-order valence-electron chi connectivity index (χ3n) is 6.78. The summed E-state index contributed by atoms with van der Waals surface area (Å²) in [6, 6.07) is 14.4. The van der Waals surface area contributed by atoms with Crippen molar-refractivity contribution in [3.63, 3.8) is 0 Å². The van der Waals surface area contributed by atoms with E-state index in [1.165, 1.54) is 11.1 Å². The maximum atomic E-state index is 13.5. The second kappa shape index (κ2) is 12.3. The summed E-state index contributed by atoms with van der Waals surface area (Å²) in [4.78, 5) is 33.9. The van der Waals surface area contributed by atoms with Crippen molar-refractivity contribution in [2.75, 3.05) is 31.6 Å². The van der Waals surface area contributed by atoms with Gasteiger partial charge in [-0.1, -0.05) is 44.0 Å². The van der Waals surface area contributed by atoms with Crippen molar-refractivity contribution in [1.82, 2.24) is 20.3 Å². The van der Waals surface area contributed by atoms with Crippen molar-refractivity contribution in [2.45, 2.75) is 53.1 Å². The average molecular weight is 520 g/mol. The van der Waals surface area contributed by atoms with E-state index in [2.05, 4.69) is 40.4 Å². The van der Waals surface area contributed by atoms with Gasteiger partial charge >= 0.3 is 0 Å². The van der Waals surface area contributed by atoms with Crippen molar-refractivity contribution in [1.29, 1.82) is 0 Å².